The molecule has 1 aromatic heterocycles. The Morgan fingerprint density at radius 3 is 2.33 bits per heavy atom. The molecule has 0 saturated heterocycles. The molecular weight excluding hydrogens is 280 g/mol. The minimum atomic E-state index is 0.379. The fraction of sp³-hybridized carbons (Fsp3) is 0.625. The number of nitrogens with two attached hydrogens (primary N) is 1. The number of hydrogen-bond donors (Lipinski definition) is 1. The van der Waals surface area contributed by atoms with Crippen LogP contribution in [-0.2, 0) is 6.54 Å². The second-order valence-electron chi connectivity index (χ2n) is 5.12. The van der Waals surface area contributed by atoms with Gasteiger partial charge in [-0.15, -0.1) is 0 Å². The van der Waals surface area contributed by atoms with Crippen molar-refractivity contribution in [2.75, 3.05) is 32.7 Å². The van der Waals surface area contributed by atoms with Crippen LogP contribution >= 0.6 is 12.2 Å². The van der Waals surface area contributed by atoms with Crippen LogP contribution in [0.25, 0.3) is 0 Å². The summed E-state index contributed by atoms with van der Waals surface area (Å²) in [5.74, 6) is 0. The highest BCUT2D eigenvalue weighted by molar-refractivity contribution is 7.80. The predicted octanol–water partition coefficient (Wildman–Crippen LogP) is 2.27. The molecular formula is C16H28N4S. The van der Waals surface area contributed by atoms with E-state index in [9.17, 15) is 0 Å². The Kier molecular flexibility index (Phi) is 8.42. The summed E-state index contributed by atoms with van der Waals surface area (Å²) >= 11 is 5.08. The van der Waals surface area contributed by atoms with E-state index in [-0.39, 0.29) is 0 Å². The summed E-state index contributed by atoms with van der Waals surface area (Å²) < 4.78 is 0. The lowest BCUT2D eigenvalue weighted by Gasteiger charge is -2.24. The number of thiocarbonyl (C=S) groups is 1. The molecule has 0 amide bonds. The van der Waals surface area contributed by atoms with E-state index in [1.165, 1.54) is 6.42 Å². The molecule has 1 aromatic rings. The van der Waals surface area contributed by atoms with Gasteiger partial charge in [-0.05, 0) is 50.8 Å². The van der Waals surface area contributed by atoms with Crippen molar-refractivity contribution in [1.82, 2.24) is 14.8 Å². The van der Waals surface area contributed by atoms with E-state index in [0.717, 1.165) is 50.5 Å². The molecule has 1 heterocycles. The first kappa shape index (κ1) is 18.0. The first-order valence-electron chi connectivity index (χ1n) is 7.80. The van der Waals surface area contributed by atoms with E-state index in [1.807, 2.05) is 6.07 Å². The van der Waals surface area contributed by atoms with Crippen LogP contribution < -0.4 is 5.73 Å². The number of hydrogen-bond acceptors (Lipinski definition) is 4. The van der Waals surface area contributed by atoms with Crippen molar-refractivity contribution < 1.29 is 0 Å². The highest BCUT2D eigenvalue weighted by Gasteiger charge is 2.10. The molecule has 0 aliphatic carbocycles. The van der Waals surface area contributed by atoms with E-state index < -0.39 is 0 Å². The van der Waals surface area contributed by atoms with Crippen LogP contribution in [-0.4, -0.2) is 52.5 Å². The Morgan fingerprint density at radius 2 is 1.76 bits per heavy atom. The van der Waals surface area contributed by atoms with Crippen molar-refractivity contribution in [3.05, 3.63) is 29.6 Å². The van der Waals surface area contributed by atoms with E-state index in [1.54, 1.807) is 6.20 Å². The minimum Gasteiger partial charge on any atom is -0.388 e. The van der Waals surface area contributed by atoms with Crippen LogP contribution in [0.3, 0.4) is 0 Å². The maximum Gasteiger partial charge on any atom is 0.123 e. The van der Waals surface area contributed by atoms with Crippen LogP contribution in [0, 0.1) is 0 Å². The lowest BCUT2D eigenvalue weighted by atomic mass is 10.1. The molecule has 0 radical (unpaired) electrons. The van der Waals surface area contributed by atoms with Crippen molar-refractivity contribution in [2.45, 2.75) is 33.7 Å². The standard InChI is InChI=1S/C16H28N4S/c1-4-19(5-2)11-8-12-20(6-3)13-14-9-7-10-18-15(14)16(17)21/h7,9-10H,4-6,8,11-13H2,1-3H3,(H2,17,21). The molecule has 1 rings (SSSR count). The van der Waals surface area contributed by atoms with Gasteiger partial charge in [0.15, 0.2) is 0 Å². The summed E-state index contributed by atoms with van der Waals surface area (Å²) in [5.41, 5.74) is 7.63. The summed E-state index contributed by atoms with van der Waals surface area (Å²) in [4.78, 5) is 9.55. The first-order chi connectivity index (χ1) is 10.1. The fourth-order valence-electron chi connectivity index (χ4n) is 2.44. The van der Waals surface area contributed by atoms with E-state index in [4.69, 9.17) is 18.0 Å². The van der Waals surface area contributed by atoms with Crippen molar-refractivity contribution in [2.24, 2.45) is 5.73 Å². The summed E-state index contributed by atoms with van der Waals surface area (Å²) in [5, 5.41) is 0. The summed E-state index contributed by atoms with van der Waals surface area (Å²) in [7, 11) is 0. The molecule has 0 bridgehead atoms. The average molecular weight is 308 g/mol. The number of rotatable bonds is 10. The molecule has 0 aliphatic heterocycles. The van der Waals surface area contributed by atoms with Crippen LogP contribution in [0.2, 0.25) is 0 Å². The SMILES string of the molecule is CCN(CC)CCCN(CC)Cc1cccnc1C(N)=S. The molecule has 0 spiro atoms. The molecule has 0 unspecified atom stereocenters. The quantitative estimate of drug-likeness (QED) is 0.672. The number of aromatic nitrogens is 1. The molecule has 118 valence electrons. The van der Waals surface area contributed by atoms with Crippen molar-refractivity contribution in [1.29, 1.82) is 0 Å². The Labute approximate surface area is 134 Å². The maximum absolute atomic E-state index is 5.75. The Bertz CT molecular complexity index is 432. The monoisotopic (exact) mass is 308 g/mol. The zero-order valence-corrected chi connectivity index (χ0v) is 14.3. The van der Waals surface area contributed by atoms with Gasteiger partial charge in [-0.3, -0.25) is 9.88 Å². The average Bonchev–Trinajstić information content (AvgIpc) is 2.50. The first-order valence-corrected chi connectivity index (χ1v) is 8.21. The van der Waals surface area contributed by atoms with Gasteiger partial charge in [0.1, 0.15) is 10.7 Å². The molecule has 0 aromatic carbocycles. The lowest BCUT2D eigenvalue weighted by Crippen LogP contribution is -2.30. The van der Waals surface area contributed by atoms with Gasteiger partial charge < -0.3 is 10.6 Å². The predicted molar refractivity (Wildman–Crippen MR) is 93.5 cm³/mol. The van der Waals surface area contributed by atoms with Gasteiger partial charge in [0.05, 0.1) is 0 Å². The Morgan fingerprint density at radius 1 is 1.14 bits per heavy atom. The molecule has 0 fully saturated rings. The third-order valence-corrected chi connectivity index (χ3v) is 4.00. The summed E-state index contributed by atoms with van der Waals surface area (Å²) in [6.07, 6.45) is 2.92. The van der Waals surface area contributed by atoms with Gasteiger partial charge in [0.2, 0.25) is 0 Å². The Hall–Kier alpha value is -1.04. The lowest BCUT2D eigenvalue weighted by molar-refractivity contribution is 0.238. The summed E-state index contributed by atoms with van der Waals surface area (Å²) in [6.45, 7) is 13.0. The van der Waals surface area contributed by atoms with E-state index in [2.05, 4.69) is 41.6 Å². The molecule has 0 saturated carbocycles. The van der Waals surface area contributed by atoms with Crippen molar-refractivity contribution >= 4 is 17.2 Å². The molecule has 0 aliphatic rings. The van der Waals surface area contributed by atoms with Gasteiger partial charge >= 0.3 is 0 Å². The zero-order valence-electron chi connectivity index (χ0n) is 13.5. The summed E-state index contributed by atoms with van der Waals surface area (Å²) in [6, 6.07) is 4.01. The molecule has 5 heteroatoms. The smallest absolute Gasteiger partial charge is 0.123 e. The van der Waals surface area contributed by atoms with Crippen molar-refractivity contribution in [3.63, 3.8) is 0 Å². The fourth-order valence-corrected chi connectivity index (χ4v) is 2.62. The van der Waals surface area contributed by atoms with Gasteiger partial charge in [-0.25, -0.2) is 0 Å². The second-order valence-corrected chi connectivity index (χ2v) is 5.56. The largest absolute Gasteiger partial charge is 0.388 e. The van der Waals surface area contributed by atoms with E-state index >= 15 is 0 Å². The normalized spacial score (nSPS) is 11.3. The Balaban J connectivity index is 2.56. The van der Waals surface area contributed by atoms with Crippen LogP contribution in [0.4, 0.5) is 0 Å². The topological polar surface area (TPSA) is 45.4 Å². The van der Waals surface area contributed by atoms with Crippen LogP contribution in [0.5, 0.6) is 0 Å². The zero-order chi connectivity index (χ0) is 15.7. The third-order valence-electron chi connectivity index (χ3n) is 3.81. The van der Waals surface area contributed by atoms with Gasteiger partial charge in [-0.1, -0.05) is 39.1 Å². The second kappa shape index (κ2) is 9.82. The maximum atomic E-state index is 5.75. The highest BCUT2D eigenvalue weighted by atomic mass is 32.1. The van der Waals surface area contributed by atoms with E-state index in [0.29, 0.717) is 4.99 Å². The highest BCUT2D eigenvalue weighted by Crippen LogP contribution is 2.10. The van der Waals surface area contributed by atoms with Gasteiger partial charge in [-0.2, -0.15) is 0 Å². The van der Waals surface area contributed by atoms with Gasteiger partial charge in [0.25, 0.3) is 0 Å². The third kappa shape index (κ3) is 6.08. The van der Waals surface area contributed by atoms with Crippen molar-refractivity contribution in [3.8, 4) is 0 Å². The molecule has 4 nitrogen and oxygen atoms in total. The molecule has 21 heavy (non-hydrogen) atoms. The van der Waals surface area contributed by atoms with Crippen LogP contribution in [0.15, 0.2) is 18.3 Å². The minimum absolute atomic E-state index is 0.379. The molecule has 2 N–H and O–H groups in total. The van der Waals surface area contributed by atoms with Gasteiger partial charge in [0, 0.05) is 12.7 Å². The van der Waals surface area contributed by atoms with Crippen LogP contribution in [0.1, 0.15) is 38.4 Å². The molecule has 0 atom stereocenters. The number of nitrogens with zero attached hydrogens (tertiary/aromatic N) is 3. The number of pyridine rings is 1.